The highest BCUT2D eigenvalue weighted by Gasteiger charge is 2.37. The van der Waals surface area contributed by atoms with Gasteiger partial charge < -0.3 is 15.1 Å². The average molecular weight is 528 g/mol. The Morgan fingerprint density at radius 2 is 1.30 bits per heavy atom. The van der Waals surface area contributed by atoms with Crippen LogP contribution in [0.1, 0.15) is 53.6 Å². The van der Waals surface area contributed by atoms with Crippen molar-refractivity contribution in [2.24, 2.45) is 5.92 Å². The van der Waals surface area contributed by atoms with Crippen molar-refractivity contribution in [2.75, 3.05) is 36.4 Å². The minimum absolute atomic E-state index is 0.0198. The molecule has 200 valence electrons. The Kier molecular flexibility index (Phi) is 7.70. The SMILES string of the molecule is O=C(Nc1ccc(N2CCN(C(=O)C3CCCCC3)CC2)cc1)c1cc(C(F)(F)F)cc(C(F)(F)F)c1. The molecule has 0 spiro atoms. The van der Waals surface area contributed by atoms with Gasteiger partial charge >= 0.3 is 12.4 Å². The molecule has 1 N–H and O–H groups in total. The molecule has 4 rings (SSSR count). The van der Waals surface area contributed by atoms with Gasteiger partial charge in [-0.25, -0.2) is 0 Å². The van der Waals surface area contributed by atoms with E-state index in [1.807, 2.05) is 4.90 Å². The molecule has 5 nitrogen and oxygen atoms in total. The first kappa shape index (κ1) is 26.8. The molecule has 11 heteroatoms. The molecule has 0 radical (unpaired) electrons. The van der Waals surface area contributed by atoms with Crippen molar-refractivity contribution >= 4 is 23.2 Å². The predicted molar refractivity (Wildman–Crippen MR) is 126 cm³/mol. The van der Waals surface area contributed by atoms with Crippen molar-refractivity contribution in [1.29, 1.82) is 0 Å². The van der Waals surface area contributed by atoms with Gasteiger partial charge in [-0.15, -0.1) is 0 Å². The van der Waals surface area contributed by atoms with Gasteiger partial charge in [0.2, 0.25) is 5.91 Å². The molecule has 0 unspecified atom stereocenters. The molecule has 2 aliphatic rings. The van der Waals surface area contributed by atoms with E-state index >= 15 is 0 Å². The number of alkyl halides is 6. The molecule has 0 aromatic heterocycles. The lowest BCUT2D eigenvalue weighted by atomic mass is 9.88. The number of nitrogens with one attached hydrogen (secondary N) is 1. The Labute approximate surface area is 210 Å². The number of halogens is 6. The van der Waals surface area contributed by atoms with Gasteiger partial charge in [0.25, 0.3) is 5.91 Å². The van der Waals surface area contributed by atoms with E-state index in [2.05, 4.69) is 10.2 Å². The van der Waals surface area contributed by atoms with Crippen LogP contribution in [-0.2, 0) is 17.1 Å². The van der Waals surface area contributed by atoms with Crippen molar-refractivity contribution in [3.8, 4) is 0 Å². The summed E-state index contributed by atoms with van der Waals surface area (Å²) in [4.78, 5) is 29.2. The lowest BCUT2D eigenvalue weighted by molar-refractivity contribution is -0.143. The van der Waals surface area contributed by atoms with Gasteiger partial charge in [0.1, 0.15) is 0 Å². The molecule has 2 amide bonds. The number of hydrogen-bond donors (Lipinski definition) is 1. The quantitative estimate of drug-likeness (QED) is 0.482. The maximum Gasteiger partial charge on any atom is 0.416 e. The highest BCUT2D eigenvalue weighted by Crippen LogP contribution is 2.36. The van der Waals surface area contributed by atoms with Gasteiger partial charge in [-0.1, -0.05) is 19.3 Å². The number of piperazine rings is 1. The number of carbonyl (C=O) groups excluding carboxylic acids is 2. The first-order valence-electron chi connectivity index (χ1n) is 12.2. The maximum absolute atomic E-state index is 13.1. The minimum atomic E-state index is -5.04. The van der Waals surface area contributed by atoms with Crippen LogP contribution >= 0.6 is 0 Å². The molecular formula is C26H27F6N3O2. The number of rotatable bonds is 4. The highest BCUT2D eigenvalue weighted by atomic mass is 19.4. The average Bonchev–Trinajstić information content (AvgIpc) is 2.88. The lowest BCUT2D eigenvalue weighted by Crippen LogP contribution is -2.50. The zero-order valence-corrected chi connectivity index (χ0v) is 20.0. The smallest absolute Gasteiger partial charge is 0.368 e. The topological polar surface area (TPSA) is 52.7 Å². The Morgan fingerprint density at radius 1 is 0.757 bits per heavy atom. The van der Waals surface area contributed by atoms with E-state index in [9.17, 15) is 35.9 Å². The number of amides is 2. The molecular weight excluding hydrogens is 500 g/mol. The largest absolute Gasteiger partial charge is 0.416 e. The third-order valence-corrected chi connectivity index (χ3v) is 6.89. The summed E-state index contributed by atoms with van der Waals surface area (Å²) >= 11 is 0. The highest BCUT2D eigenvalue weighted by molar-refractivity contribution is 6.04. The van der Waals surface area contributed by atoms with Crippen molar-refractivity contribution < 1.29 is 35.9 Å². The molecule has 1 saturated carbocycles. The van der Waals surface area contributed by atoms with E-state index in [0.717, 1.165) is 31.4 Å². The zero-order chi connectivity index (χ0) is 26.8. The molecule has 1 saturated heterocycles. The summed E-state index contributed by atoms with van der Waals surface area (Å²) in [6.07, 6.45) is -4.81. The summed E-state index contributed by atoms with van der Waals surface area (Å²) < 4.78 is 78.5. The third-order valence-electron chi connectivity index (χ3n) is 6.89. The summed E-state index contributed by atoms with van der Waals surface area (Å²) in [5.74, 6) is -0.743. The van der Waals surface area contributed by atoms with Crippen LogP contribution in [0.4, 0.5) is 37.7 Å². The van der Waals surface area contributed by atoms with Gasteiger partial charge in [-0.05, 0) is 55.3 Å². The molecule has 1 aliphatic carbocycles. The van der Waals surface area contributed by atoms with E-state index in [1.165, 1.54) is 18.6 Å². The zero-order valence-electron chi connectivity index (χ0n) is 20.0. The number of hydrogen-bond acceptors (Lipinski definition) is 3. The summed E-state index contributed by atoms with van der Waals surface area (Å²) in [6.45, 7) is 2.47. The first-order valence-corrected chi connectivity index (χ1v) is 12.2. The van der Waals surface area contributed by atoms with E-state index in [-0.39, 0.29) is 23.6 Å². The summed E-state index contributed by atoms with van der Waals surface area (Å²) in [6, 6.07) is 7.26. The summed E-state index contributed by atoms with van der Waals surface area (Å²) in [5.41, 5.74) is -2.79. The van der Waals surface area contributed by atoms with E-state index < -0.39 is 35.0 Å². The molecule has 37 heavy (non-hydrogen) atoms. The number of benzene rings is 2. The molecule has 1 aliphatic heterocycles. The molecule has 2 aromatic rings. The Balaban J connectivity index is 1.38. The van der Waals surface area contributed by atoms with Crippen LogP contribution in [-0.4, -0.2) is 42.9 Å². The second-order valence-electron chi connectivity index (χ2n) is 9.44. The number of carbonyl (C=O) groups is 2. The van der Waals surface area contributed by atoms with Crippen LogP contribution in [0.2, 0.25) is 0 Å². The Hall–Kier alpha value is -3.24. The number of anilines is 2. The molecule has 1 heterocycles. The standard InChI is InChI=1S/C26H27F6N3O2/c27-25(28,29)19-14-18(15-20(16-19)26(30,31)32)23(36)33-21-6-8-22(9-7-21)34-10-12-35(13-11-34)24(37)17-4-2-1-3-5-17/h6-9,14-17H,1-5,10-13H2,(H,33,36). The van der Waals surface area contributed by atoms with Crippen molar-refractivity contribution in [3.05, 3.63) is 59.2 Å². The Morgan fingerprint density at radius 3 is 1.81 bits per heavy atom. The summed E-state index contributed by atoms with van der Waals surface area (Å²) in [5, 5.41) is 2.36. The Bertz CT molecular complexity index is 1080. The van der Waals surface area contributed by atoms with Crippen LogP contribution < -0.4 is 10.2 Å². The van der Waals surface area contributed by atoms with Gasteiger partial charge in [0.15, 0.2) is 0 Å². The first-order chi connectivity index (χ1) is 17.4. The fraction of sp³-hybridized carbons (Fsp3) is 0.462. The van der Waals surface area contributed by atoms with E-state index in [1.54, 1.807) is 12.1 Å². The van der Waals surface area contributed by atoms with Crippen molar-refractivity contribution in [3.63, 3.8) is 0 Å². The van der Waals surface area contributed by atoms with E-state index in [4.69, 9.17) is 0 Å². The van der Waals surface area contributed by atoms with Gasteiger partial charge in [-0.3, -0.25) is 9.59 Å². The van der Waals surface area contributed by atoms with E-state index in [0.29, 0.717) is 38.3 Å². The van der Waals surface area contributed by atoms with Crippen molar-refractivity contribution in [1.82, 2.24) is 4.90 Å². The molecule has 2 fully saturated rings. The van der Waals surface area contributed by atoms with Crippen LogP contribution in [0.25, 0.3) is 0 Å². The second-order valence-corrected chi connectivity index (χ2v) is 9.44. The maximum atomic E-state index is 13.1. The summed E-state index contributed by atoms with van der Waals surface area (Å²) in [7, 11) is 0. The van der Waals surface area contributed by atoms with Crippen LogP contribution in [0.5, 0.6) is 0 Å². The van der Waals surface area contributed by atoms with Crippen LogP contribution in [0.3, 0.4) is 0 Å². The van der Waals surface area contributed by atoms with Gasteiger partial charge in [0.05, 0.1) is 11.1 Å². The molecule has 0 atom stereocenters. The molecule has 2 aromatic carbocycles. The van der Waals surface area contributed by atoms with Crippen molar-refractivity contribution in [2.45, 2.75) is 44.5 Å². The van der Waals surface area contributed by atoms with Gasteiger partial charge in [0, 0.05) is 49.0 Å². The fourth-order valence-corrected chi connectivity index (χ4v) is 4.84. The van der Waals surface area contributed by atoms with Crippen LogP contribution in [0, 0.1) is 5.92 Å². The minimum Gasteiger partial charge on any atom is -0.368 e. The lowest BCUT2D eigenvalue weighted by Gasteiger charge is -2.38. The third kappa shape index (κ3) is 6.56. The normalized spacial score (nSPS) is 17.6. The monoisotopic (exact) mass is 527 g/mol. The van der Waals surface area contributed by atoms with Gasteiger partial charge in [-0.2, -0.15) is 26.3 Å². The number of nitrogens with zero attached hydrogens (tertiary/aromatic N) is 2. The second kappa shape index (κ2) is 10.6. The predicted octanol–water partition coefficient (Wildman–Crippen LogP) is 6.21. The fourth-order valence-electron chi connectivity index (χ4n) is 4.84. The molecule has 0 bridgehead atoms. The van der Waals surface area contributed by atoms with Crippen LogP contribution in [0.15, 0.2) is 42.5 Å².